The molecule has 0 fully saturated rings. The predicted octanol–water partition coefficient (Wildman–Crippen LogP) is 1.73. The van der Waals surface area contributed by atoms with Crippen LogP contribution < -0.4 is 5.56 Å². The van der Waals surface area contributed by atoms with Crippen molar-refractivity contribution in [3.63, 3.8) is 0 Å². The molecule has 156 valence electrons. The monoisotopic (exact) mass is 416 g/mol. The van der Waals surface area contributed by atoms with Crippen LogP contribution in [0.4, 0.5) is 0 Å². The zero-order valence-corrected chi connectivity index (χ0v) is 16.9. The predicted molar refractivity (Wildman–Crippen MR) is 112 cm³/mol. The largest absolute Gasteiger partial charge is 0.336 e. The second-order valence-electron chi connectivity index (χ2n) is 7.76. The molecule has 8 heteroatoms. The van der Waals surface area contributed by atoms with Crippen LogP contribution in [-0.2, 0) is 17.8 Å². The van der Waals surface area contributed by atoms with Crippen LogP contribution in [0.2, 0.25) is 0 Å². The molecule has 1 atom stereocenters. The molecule has 3 aromatic rings. The Morgan fingerprint density at radius 2 is 1.55 bits per heavy atom. The lowest BCUT2D eigenvalue weighted by Gasteiger charge is -2.31. The Morgan fingerprint density at radius 3 is 2.19 bits per heavy atom. The molecular weight excluding hydrogens is 396 g/mol. The summed E-state index contributed by atoms with van der Waals surface area (Å²) in [5.41, 5.74) is 2.46. The van der Waals surface area contributed by atoms with Gasteiger partial charge in [-0.3, -0.25) is 29.2 Å². The third kappa shape index (κ3) is 2.91. The van der Waals surface area contributed by atoms with Gasteiger partial charge in [-0.2, -0.15) is 0 Å². The van der Waals surface area contributed by atoms with E-state index in [0.717, 1.165) is 16.3 Å². The lowest BCUT2D eigenvalue weighted by atomic mass is 10.1. The number of hydrogen-bond donors (Lipinski definition) is 1. The summed E-state index contributed by atoms with van der Waals surface area (Å²) in [7, 11) is 0. The molecule has 0 aliphatic carbocycles. The fraction of sp³-hybridized carbons (Fsp3) is 0.217. The Hall–Kier alpha value is -3.94. The van der Waals surface area contributed by atoms with Gasteiger partial charge in [-0.05, 0) is 31.2 Å². The first-order valence-electron chi connectivity index (χ1n) is 10.1. The molecule has 1 N–H and O–H groups in total. The van der Waals surface area contributed by atoms with Crippen LogP contribution in [-0.4, -0.2) is 49.9 Å². The molecule has 2 aliphatic heterocycles. The van der Waals surface area contributed by atoms with Crippen LogP contribution in [0.1, 0.15) is 38.9 Å². The molecule has 5 rings (SSSR count). The minimum atomic E-state index is -0.954. The minimum absolute atomic E-state index is 0.136. The van der Waals surface area contributed by atoms with Gasteiger partial charge in [-0.25, -0.2) is 4.68 Å². The molecule has 2 aromatic carbocycles. The smallest absolute Gasteiger partial charge is 0.276 e. The normalized spacial score (nSPS) is 16.3. The van der Waals surface area contributed by atoms with E-state index in [1.54, 1.807) is 36.1 Å². The van der Waals surface area contributed by atoms with E-state index in [1.165, 1.54) is 4.68 Å². The number of carbonyl (C=O) groups is 3. The molecule has 1 aromatic heterocycles. The molecule has 0 saturated carbocycles. The molecule has 8 nitrogen and oxygen atoms in total. The molecule has 2 aliphatic rings. The number of H-pyrrole nitrogens is 1. The van der Waals surface area contributed by atoms with Gasteiger partial charge < -0.3 is 4.90 Å². The van der Waals surface area contributed by atoms with E-state index in [-0.39, 0.29) is 18.0 Å². The van der Waals surface area contributed by atoms with Crippen molar-refractivity contribution in [2.75, 3.05) is 6.54 Å². The molecule has 0 saturated heterocycles. The highest BCUT2D eigenvalue weighted by Gasteiger charge is 2.42. The molecule has 0 bridgehead atoms. The first-order chi connectivity index (χ1) is 15.0. The fourth-order valence-corrected chi connectivity index (χ4v) is 4.29. The van der Waals surface area contributed by atoms with Crippen LogP contribution in [0.3, 0.4) is 0 Å². The van der Waals surface area contributed by atoms with Crippen LogP contribution >= 0.6 is 0 Å². The van der Waals surface area contributed by atoms with Gasteiger partial charge in [0.1, 0.15) is 6.04 Å². The second kappa shape index (κ2) is 7.09. The maximum Gasteiger partial charge on any atom is 0.276 e. The summed E-state index contributed by atoms with van der Waals surface area (Å²) in [5, 5.41) is 3.14. The van der Waals surface area contributed by atoms with Gasteiger partial charge in [0.25, 0.3) is 17.4 Å². The summed E-state index contributed by atoms with van der Waals surface area (Å²) in [6, 6.07) is 14.8. The number of nitrogens with one attached hydrogen (secondary N) is 1. The Bertz CT molecular complexity index is 1240. The van der Waals surface area contributed by atoms with E-state index < -0.39 is 17.9 Å². The van der Waals surface area contributed by atoms with Gasteiger partial charge >= 0.3 is 0 Å². The number of amides is 3. The van der Waals surface area contributed by atoms with Crippen molar-refractivity contribution in [3.8, 4) is 5.69 Å². The van der Waals surface area contributed by atoms with Crippen LogP contribution in [0.5, 0.6) is 0 Å². The Labute approximate surface area is 177 Å². The lowest BCUT2D eigenvalue weighted by molar-refractivity contribution is -0.135. The third-order valence-corrected chi connectivity index (χ3v) is 5.95. The van der Waals surface area contributed by atoms with Crippen LogP contribution in [0.15, 0.2) is 59.4 Å². The van der Waals surface area contributed by atoms with Gasteiger partial charge in [0.2, 0.25) is 5.91 Å². The number of hydrogen-bond acceptors (Lipinski definition) is 4. The number of nitrogens with zero attached hydrogens (tertiary/aromatic N) is 3. The molecule has 1 unspecified atom stereocenters. The van der Waals surface area contributed by atoms with Crippen LogP contribution in [0, 0.1) is 0 Å². The number of aromatic amines is 1. The number of imide groups is 1. The summed E-state index contributed by atoms with van der Waals surface area (Å²) in [6.45, 7) is 2.09. The summed E-state index contributed by atoms with van der Waals surface area (Å²) >= 11 is 0. The number of rotatable bonds is 3. The maximum atomic E-state index is 13.2. The van der Waals surface area contributed by atoms with Crippen molar-refractivity contribution < 1.29 is 14.4 Å². The van der Waals surface area contributed by atoms with Crippen molar-refractivity contribution in [2.24, 2.45) is 0 Å². The van der Waals surface area contributed by atoms with E-state index in [9.17, 15) is 19.2 Å². The van der Waals surface area contributed by atoms with Crippen molar-refractivity contribution in [1.29, 1.82) is 0 Å². The fourth-order valence-electron chi connectivity index (χ4n) is 4.29. The summed E-state index contributed by atoms with van der Waals surface area (Å²) in [5.74, 6) is -1.29. The van der Waals surface area contributed by atoms with Gasteiger partial charge in [-0.1, -0.05) is 30.3 Å². The zero-order valence-electron chi connectivity index (χ0n) is 16.9. The van der Waals surface area contributed by atoms with Gasteiger partial charge in [0, 0.05) is 18.7 Å². The number of benzene rings is 2. The SMILES string of the molecule is CC(C(=O)N1CCc2[nH]n(-c3ccccc3)c(=O)c2C1)N1C(=O)c2ccccc2C1=O. The average molecular weight is 416 g/mol. The Kier molecular flexibility index (Phi) is 4.35. The molecular formula is C23H20N4O4. The number of para-hydroxylation sites is 1. The first kappa shape index (κ1) is 19.0. The third-order valence-electron chi connectivity index (χ3n) is 5.95. The van der Waals surface area contributed by atoms with E-state index in [2.05, 4.69) is 5.10 Å². The maximum absolute atomic E-state index is 13.2. The summed E-state index contributed by atoms with van der Waals surface area (Å²) in [6.07, 6.45) is 0.491. The average Bonchev–Trinajstić information content (AvgIpc) is 3.27. The van der Waals surface area contributed by atoms with Gasteiger partial charge in [0.05, 0.1) is 28.9 Å². The van der Waals surface area contributed by atoms with Crippen molar-refractivity contribution in [3.05, 3.63) is 87.3 Å². The Balaban J connectivity index is 1.39. The Morgan fingerprint density at radius 1 is 0.935 bits per heavy atom. The highest BCUT2D eigenvalue weighted by atomic mass is 16.2. The number of aromatic nitrogens is 2. The number of fused-ring (bicyclic) bond motifs is 2. The van der Waals surface area contributed by atoms with Crippen LogP contribution in [0.25, 0.3) is 5.69 Å². The summed E-state index contributed by atoms with van der Waals surface area (Å²) in [4.78, 5) is 54.1. The standard InChI is InChI=1S/C23H20N4O4/c1-14(26-21(29)16-9-5-6-10-17(16)22(26)30)20(28)25-12-11-19-18(13-25)23(31)27(24-19)15-7-3-2-4-8-15/h2-10,14,24H,11-13H2,1H3. The van der Waals surface area contributed by atoms with E-state index >= 15 is 0 Å². The van der Waals surface area contributed by atoms with E-state index in [4.69, 9.17) is 0 Å². The topological polar surface area (TPSA) is 95.5 Å². The van der Waals surface area contributed by atoms with Crippen molar-refractivity contribution >= 4 is 17.7 Å². The van der Waals surface area contributed by atoms with Gasteiger partial charge in [-0.15, -0.1) is 0 Å². The minimum Gasteiger partial charge on any atom is -0.336 e. The second-order valence-corrected chi connectivity index (χ2v) is 7.76. The molecule has 3 amide bonds. The molecule has 3 heterocycles. The van der Waals surface area contributed by atoms with E-state index in [0.29, 0.717) is 29.7 Å². The highest BCUT2D eigenvalue weighted by molar-refractivity contribution is 6.22. The summed E-state index contributed by atoms with van der Waals surface area (Å²) < 4.78 is 1.48. The lowest BCUT2D eigenvalue weighted by Crippen LogP contribution is -2.50. The molecule has 0 radical (unpaired) electrons. The highest BCUT2D eigenvalue weighted by Crippen LogP contribution is 2.26. The van der Waals surface area contributed by atoms with Crippen molar-refractivity contribution in [2.45, 2.75) is 25.9 Å². The van der Waals surface area contributed by atoms with Gasteiger partial charge in [0.15, 0.2) is 0 Å². The zero-order chi connectivity index (χ0) is 21.7. The molecule has 31 heavy (non-hydrogen) atoms. The quantitative estimate of drug-likeness (QED) is 0.658. The first-order valence-corrected chi connectivity index (χ1v) is 10.1. The van der Waals surface area contributed by atoms with E-state index in [1.807, 2.05) is 30.3 Å². The number of carbonyl (C=O) groups excluding carboxylic acids is 3. The van der Waals surface area contributed by atoms with Crippen molar-refractivity contribution in [1.82, 2.24) is 19.6 Å². The molecule has 0 spiro atoms.